The van der Waals surface area contributed by atoms with Crippen LogP contribution in [0.15, 0.2) is 16.6 Å². The van der Waals surface area contributed by atoms with Gasteiger partial charge in [-0.05, 0) is 47.3 Å². The zero-order chi connectivity index (χ0) is 12.4. The number of carbonyl (C=O) groups is 1. The molecule has 3 nitrogen and oxygen atoms in total. The summed E-state index contributed by atoms with van der Waals surface area (Å²) in [5, 5.41) is 5.17. The molecular formula is C11H11BrClFN2O. The van der Waals surface area contributed by atoms with Crippen molar-refractivity contribution >= 4 is 39.2 Å². The molecule has 2 N–H and O–H groups in total. The van der Waals surface area contributed by atoms with Gasteiger partial charge in [-0.3, -0.25) is 0 Å². The van der Waals surface area contributed by atoms with E-state index in [-0.39, 0.29) is 16.8 Å². The first-order valence-electron chi connectivity index (χ1n) is 5.29. The summed E-state index contributed by atoms with van der Waals surface area (Å²) in [4.78, 5) is 11.5. The summed E-state index contributed by atoms with van der Waals surface area (Å²) in [5.41, 5.74) is 0.0787. The molecule has 1 aromatic rings. The van der Waals surface area contributed by atoms with Crippen LogP contribution in [0.3, 0.4) is 0 Å². The molecule has 0 atom stereocenters. The topological polar surface area (TPSA) is 41.1 Å². The van der Waals surface area contributed by atoms with Gasteiger partial charge in [0.05, 0.1) is 10.7 Å². The van der Waals surface area contributed by atoms with Gasteiger partial charge in [0.1, 0.15) is 0 Å². The van der Waals surface area contributed by atoms with E-state index in [1.54, 1.807) is 6.07 Å². The van der Waals surface area contributed by atoms with Gasteiger partial charge in [0.15, 0.2) is 5.82 Å². The van der Waals surface area contributed by atoms with E-state index in [0.29, 0.717) is 4.47 Å². The zero-order valence-corrected chi connectivity index (χ0v) is 11.2. The van der Waals surface area contributed by atoms with E-state index < -0.39 is 11.8 Å². The Bertz CT molecular complexity index is 451. The van der Waals surface area contributed by atoms with Crippen LogP contribution in [0.25, 0.3) is 0 Å². The van der Waals surface area contributed by atoms with Crippen LogP contribution >= 0.6 is 27.5 Å². The average Bonchev–Trinajstić information content (AvgIpc) is 2.25. The van der Waals surface area contributed by atoms with Gasteiger partial charge in [0.2, 0.25) is 0 Å². The lowest BCUT2D eigenvalue weighted by Gasteiger charge is -2.26. The predicted molar refractivity (Wildman–Crippen MR) is 68.9 cm³/mol. The molecule has 2 amide bonds. The van der Waals surface area contributed by atoms with E-state index in [2.05, 4.69) is 26.6 Å². The highest BCUT2D eigenvalue weighted by Crippen LogP contribution is 2.30. The molecule has 0 unspecified atom stereocenters. The van der Waals surface area contributed by atoms with Crippen LogP contribution in [0, 0.1) is 5.82 Å². The van der Waals surface area contributed by atoms with E-state index in [4.69, 9.17) is 11.6 Å². The summed E-state index contributed by atoms with van der Waals surface area (Å²) in [6, 6.07) is 2.87. The maximum atomic E-state index is 13.7. The molecule has 1 fully saturated rings. The molecule has 6 heteroatoms. The summed E-state index contributed by atoms with van der Waals surface area (Å²) < 4.78 is 14.1. The van der Waals surface area contributed by atoms with Crippen molar-refractivity contribution in [3.8, 4) is 0 Å². The normalized spacial score (nSPS) is 15.2. The first kappa shape index (κ1) is 12.6. The molecule has 0 radical (unpaired) electrons. The van der Waals surface area contributed by atoms with Gasteiger partial charge in [-0.15, -0.1) is 0 Å². The number of amides is 2. The van der Waals surface area contributed by atoms with Crippen LogP contribution in [0.5, 0.6) is 0 Å². The molecule has 1 aliphatic carbocycles. The Labute approximate surface area is 112 Å². The Morgan fingerprint density at radius 1 is 1.47 bits per heavy atom. The van der Waals surface area contributed by atoms with E-state index in [1.165, 1.54) is 6.07 Å². The first-order valence-corrected chi connectivity index (χ1v) is 6.46. The number of benzene rings is 1. The summed E-state index contributed by atoms with van der Waals surface area (Å²) in [6.45, 7) is 0. The van der Waals surface area contributed by atoms with Crippen molar-refractivity contribution in [1.29, 1.82) is 0 Å². The lowest BCUT2D eigenvalue weighted by molar-refractivity contribution is 0.240. The van der Waals surface area contributed by atoms with Crippen molar-refractivity contribution in [3.63, 3.8) is 0 Å². The van der Waals surface area contributed by atoms with Crippen molar-refractivity contribution in [2.45, 2.75) is 25.3 Å². The quantitative estimate of drug-likeness (QED) is 0.797. The molecule has 2 rings (SSSR count). The third kappa shape index (κ3) is 2.90. The zero-order valence-electron chi connectivity index (χ0n) is 8.90. The summed E-state index contributed by atoms with van der Waals surface area (Å²) in [7, 11) is 0. The molecule has 0 aliphatic heterocycles. The molecule has 0 aromatic heterocycles. The van der Waals surface area contributed by atoms with Gasteiger partial charge < -0.3 is 10.6 Å². The fourth-order valence-corrected chi connectivity index (χ4v) is 1.99. The largest absolute Gasteiger partial charge is 0.335 e. The Hall–Kier alpha value is -0.810. The smallest absolute Gasteiger partial charge is 0.319 e. The Balaban J connectivity index is 2.02. The Morgan fingerprint density at radius 3 is 2.76 bits per heavy atom. The molecule has 0 heterocycles. The minimum absolute atomic E-state index is 0.0357. The van der Waals surface area contributed by atoms with Gasteiger partial charge in [0, 0.05) is 10.5 Å². The molecule has 0 saturated heterocycles. The summed E-state index contributed by atoms with van der Waals surface area (Å²) in [6.07, 6.45) is 3.09. The SMILES string of the molecule is O=C(Nc1ccc(Br)c(Cl)c1F)NC1CCC1. The third-order valence-corrected chi connectivity index (χ3v) is 3.98. The molecule has 0 spiro atoms. The minimum atomic E-state index is -0.634. The Morgan fingerprint density at radius 2 is 2.18 bits per heavy atom. The lowest BCUT2D eigenvalue weighted by Crippen LogP contribution is -2.42. The number of anilines is 1. The third-order valence-electron chi connectivity index (χ3n) is 2.72. The number of nitrogens with one attached hydrogen (secondary N) is 2. The van der Waals surface area contributed by atoms with Gasteiger partial charge >= 0.3 is 6.03 Å². The number of hydrogen-bond donors (Lipinski definition) is 2. The second-order valence-electron chi connectivity index (χ2n) is 3.95. The fourth-order valence-electron chi connectivity index (χ4n) is 1.52. The van der Waals surface area contributed by atoms with E-state index in [1.807, 2.05) is 0 Å². The molecule has 92 valence electrons. The molecule has 1 aliphatic rings. The standard InChI is InChI=1S/C11H11BrClFN2O/c12-7-4-5-8(10(14)9(7)13)16-11(17)15-6-2-1-3-6/h4-6H,1-3H2,(H2,15,16,17). The predicted octanol–water partition coefficient (Wildman–Crippen LogP) is 3.92. The van der Waals surface area contributed by atoms with Gasteiger partial charge in [-0.25, -0.2) is 9.18 Å². The van der Waals surface area contributed by atoms with E-state index in [0.717, 1.165) is 19.3 Å². The fraction of sp³-hybridized carbons (Fsp3) is 0.364. The maximum absolute atomic E-state index is 13.7. The van der Waals surface area contributed by atoms with Crippen LogP contribution in [0.4, 0.5) is 14.9 Å². The number of hydrogen-bond acceptors (Lipinski definition) is 1. The summed E-state index contributed by atoms with van der Waals surface area (Å²) >= 11 is 8.82. The van der Waals surface area contributed by atoms with Gasteiger partial charge in [-0.1, -0.05) is 11.6 Å². The van der Waals surface area contributed by atoms with Crippen molar-refractivity contribution in [2.75, 3.05) is 5.32 Å². The number of carbonyl (C=O) groups excluding carboxylic acids is 1. The van der Waals surface area contributed by atoms with Gasteiger partial charge in [-0.2, -0.15) is 0 Å². The van der Waals surface area contributed by atoms with Crippen molar-refractivity contribution in [1.82, 2.24) is 5.32 Å². The van der Waals surface area contributed by atoms with Gasteiger partial charge in [0.25, 0.3) is 0 Å². The lowest BCUT2D eigenvalue weighted by atomic mass is 9.93. The molecular weight excluding hydrogens is 310 g/mol. The van der Waals surface area contributed by atoms with Crippen molar-refractivity contribution in [2.24, 2.45) is 0 Å². The minimum Gasteiger partial charge on any atom is -0.335 e. The molecule has 17 heavy (non-hydrogen) atoms. The van der Waals surface area contributed by atoms with Crippen LogP contribution < -0.4 is 10.6 Å². The highest BCUT2D eigenvalue weighted by molar-refractivity contribution is 9.10. The Kier molecular flexibility index (Phi) is 3.89. The summed E-state index contributed by atoms with van der Waals surface area (Å²) in [5.74, 6) is -0.634. The van der Waals surface area contributed by atoms with Crippen LogP contribution in [0.2, 0.25) is 5.02 Å². The maximum Gasteiger partial charge on any atom is 0.319 e. The molecule has 1 aromatic carbocycles. The van der Waals surface area contributed by atoms with E-state index >= 15 is 0 Å². The molecule has 0 bridgehead atoms. The monoisotopic (exact) mass is 320 g/mol. The highest BCUT2D eigenvalue weighted by Gasteiger charge is 2.20. The molecule has 1 saturated carbocycles. The number of rotatable bonds is 2. The van der Waals surface area contributed by atoms with Crippen LogP contribution in [-0.4, -0.2) is 12.1 Å². The highest BCUT2D eigenvalue weighted by atomic mass is 79.9. The second kappa shape index (κ2) is 5.23. The first-order chi connectivity index (χ1) is 8.08. The van der Waals surface area contributed by atoms with E-state index in [9.17, 15) is 9.18 Å². The van der Waals surface area contributed by atoms with Crippen molar-refractivity contribution < 1.29 is 9.18 Å². The second-order valence-corrected chi connectivity index (χ2v) is 5.18. The van der Waals surface area contributed by atoms with Crippen molar-refractivity contribution in [3.05, 3.63) is 27.4 Å². The van der Waals surface area contributed by atoms with Crippen LogP contribution in [0.1, 0.15) is 19.3 Å². The number of halogens is 3. The average molecular weight is 322 g/mol. The number of urea groups is 1. The van der Waals surface area contributed by atoms with Crippen LogP contribution in [-0.2, 0) is 0 Å².